The molecule has 5 heterocycles. The third kappa shape index (κ3) is 1.92. The van der Waals surface area contributed by atoms with Crippen LogP contribution in [0.5, 0.6) is 0 Å². The lowest BCUT2D eigenvalue weighted by Crippen LogP contribution is -2.38. The van der Waals surface area contributed by atoms with E-state index in [1.807, 2.05) is 18.5 Å². The van der Waals surface area contributed by atoms with Crippen LogP contribution in [0, 0.1) is 0 Å². The van der Waals surface area contributed by atoms with Gasteiger partial charge >= 0.3 is 6.01 Å². The first kappa shape index (κ1) is 11.0. The molecular formula is C13H17N5O. The molecule has 0 saturated carbocycles. The normalized spacial score (nSPS) is 26.6. The van der Waals surface area contributed by atoms with Crippen molar-refractivity contribution in [3.05, 3.63) is 18.5 Å². The van der Waals surface area contributed by atoms with E-state index < -0.39 is 0 Å². The molecule has 2 bridgehead atoms. The maximum atomic E-state index is 5.84. The van der Waals surface area contributed by atoms with E-state index in [9.17, 15) is 0 Å². The number of piperidine rings is 1. The van der Waals surface area contributed by atoms with Crippen molar-refractivity contribution in [2.24, 2.45) is 0 Å². The van der Waals surface area contributed by atoms with Crippen LogP contribution in [0.2, 0.25) is 0 Å². The Bertz CT molecular complexity index is 541. The van der Waals surface area contributed by atoms with Crippen molar-refractivity contribution in [1.29, 1.82) is 0 Å². The zero-order valence-corrected chi connectivity index (χ0v) is 10.7. The van der Waals surface area contributed by atoms with E-state index in [0.29, 0.717) is 17.9 Å². The van der Waals surface area contributed by atoms with E-state index in [0.717, 1.165) is 18.7 Å². The second-order valence-electron chi connectivity index (χ2n) is 5.26. The summed E-state index contributed by atoms with van der Waals surface area (Å²) in [4.78, 5) is 7.81. The Morgan fingerprint density at radius 2 is 2.05 bits per heavy atom. The molecule has 100 valence electrons. The number of hydrogen-bond donors (Lipinski definition) is 1. The SMILES string of the molecule is c1cc(-c2nnc(N3CCN4CCC3CC4)o2)c[nH]1. The molecule has 0 aliphatic carbocycles. The average Bonchev–Trinajstić information content (AvgIpc) is 3.05. The summed E-state index contributed by atoms with van der Waals surface area (Å²) in [7, 11) is 0. The van der Waals surface area contributed by atoms with E-state index in [2.05, 4.69) is 25.0 Å². The molecule has 19 heavy (non-hydrogen) atoms. The average molecular weight is 259 g/mol. The lowest BCUT2D eigenvalue weighted by Gasteiger charge is -2.29. The van der Waals surface area contributed by atoms with Gasteiger partial charge in [0.05, 0.1) is 5.56 Å². The molecule has 3 aliphatic heterocycles. The highest BCUT2D eigenvalue weighted by Gasteiger charge is 2.31. The summed E-state index contributed by atoms with van der Waals surface area (Å²) in [6, 6.07) is 3.17. The van der Waals surface area contributed by atoms with Crippen LogP contribution in [-0.2, 0) is 0 Å². The van der Waals surface area contributed by atoms with Crippen LogP contribution in [0.1, 0.15) is 12.8 Å². The van der Waals surface area contributed by atoms with Crippen LogP contribution in [0.15, 0.2) is 22.9 Å². The molecule has 0 spiro atoms. The van der Waals surface area contributed by atoms with Gasteiger partial charge in [0.15, 0.2) is 0 Å². The molecule has 0 amide bonds. The van der Waals surface area contributed by atoms with Crippen molar-refractivity contribution in [3.8, 4) is 11.5 Å². The molecule has 2 aromatic heterocycles. The summed E-state index contributed by atoms with van der Waals surface area (Å²) in [5.74, 6) is 0.593. The third-order valence-electron chi connectivity index (χ3n) is 4.16. The number of fused-ring (bicyclic) bond motifs is 4. The highest BCUT2D eigenvalue weighted by atomic mass is 16.4. The minimum Gasteiger partial charge on any atom is -0.403 e. The second kappa shape index (κ2) is 4.38. The highest BCUT2D eigenvalue weighted by molar-refractivity contribution is 5.52. The van der Waals surface area contributed by atoms with Crippen LogP contribution in [0.3, 0.4) is 0 Å². The van der Waals surface area contributed by atoms with Crippen LogP contribution in [0.25, 0.3) is 11.5 Å². The largest absolute Gasteiger partial charge is 0.403 e. The Morgan fingerprint density at radius 3 is 2.84 bits per heavy atom. The minimum atomic E-state index is 0.554. The Balaban J connectivity index is 1.62. The van der Waals surface area contributed by atoms with Crippen molar-refractivity contribution >= 4 is 6.01 Å². The Labute approximate surface area is 111 Å². The number of aromatic nitrogens is 3. The van der Waals surface area contributed by atoms with E-state index in [-0.39, 0.29) is 0 Å². The molecule has 3 aliphatic rings. The molecule has 0 atom stereocenters. The standard InChI is InChI=1S/C13H17N5O/c1-4-14-9-10(1)12-15-16-13(19-12)18-8-7-17-5-2-11(18)3-6-17/h1,4,9,11,14H,2-3,5-8H2. The van der Waals surface area contributed by atoms with Crippen LogP contribution >= 0.6 is 0 Å². The summed E-state index contributed by atoms with van der Waals surface area (Å²) < 4.78 is 5.84. The zero-order valence-electron chi connectivity index (χ0n) is 10.7. The summed E-state index contributed by atoms with van der Waals surface area (Å²) in [6.07, 6.45) is 6.13. The third-order valence-corrected chi connectivity index (χ3v) is 4.16. The van der Waals surface area contributed by atoms with Gasteiger partial charge in [-0.1, -0.05) is 5.10 Å². The Morgan fingerprint density at radius 1 is 1.16 bits per heavy atom. The van der Waals surface area contributed by atoms with Crippen molar-refractivity contribution in [2.75, 3.05) is 31.1 Å². The fraction of sp³-hybridized carbons (Fsp3) is 0.538. The number of anilines is 1. The predicted octanol–water partition coefficient (Wildman–Crippen LogP) is 1.35. The topological polar surface area (TPSA) is 61.2 Å². The number of hydrogen-bond acceptors (Lipinski definition) is 5. The lowest BCUT2D eigenvalue weighted by molar-refractivity contribution is 0.249. The lowest BCUT2D eigenvalue weighted by atomic mass is 10.1. The summed E-state index contributed by atoms with van der Waals surface area (Å²) in [5, 5.41) is 8.39. The molecule has 6 nitrogen and oxygen atoms in total. The second-order valence-corrected chi connectivity index (χ2v) is 5.26. The van der Waals surface area contributed by atoms with E-state index in [1.165, 1.54) is 25.9 Å². The summed E-state index contributed by atoms with van der Waals surface area (Å²) in [5.41, 5.74) is 0.946. The van der Waals surface area contributed by atoms with Crippen molar-refractivity contribution < 1.29 is 4.42 Å². The molecule has 3 saturated heterocycles. The van der Waals surface area contributed by atoms with Crippen LogP contribution in [0.4, 0.5) is 6.01 Å². The number of nitrogens with one attached hydrogen (secondary N) is 1. The first-order valence-electron chi connectivity index (χ1n) is 6.86. The Kier molecular flexibility index (Phi) is 2.55. The number of nitrogens with zero attached hydrogens (tertiary/aromatic N) is 4. The molecule has 3 fully saturated rings. The van der Waals surface area contributed by atoms with Gasteiger partial charge in [-0.25, -0.2) is 0 Å². The number of aromatic amines is 1. The molecule has 0 unspecified atom stereocenters. The van der Waals surface area contributed by atoms with Gasteiger partial charge < -0.3 is 19.2 Å². The molecule has 2 aromatic rings. The van der Waals surface area contributed by atoms with Gasteiger partial charge in [0.2, 0.25) is 0 Å². The van der Waals surface area contributed by atoms with Gasteiger partial charge in [-0.15, -0.1) is 5.10 Å². The summed E-state index contributed by atoms with van der Waals surface area (Å²) >= 11 is 0. The molecule has 0 radical (unpaired) electrons. The van der Waals surface area contributed by atoms with Gasteiger partial charge in [0.1, 0.15) is 0 Å². The first-order chi connectivity index (χ1) is 9.40. The Hall–Kier alpha value is -1.82. The molecular weight excluding hydrogens is 242 g/mol. The van der Waals surface area contributed by atoms with Gasteiger partial charge in [-0.05, 0) is 18.9 Å². The number of rotatable bonds is 2. The highest BCUT2D eigenvalue weighted by Crippen LogP contribution is 2.28. The maximum Gasteiger partial charge on any atom is 0.318 e. The van der Waals surface area contributed by atoms with Crippen LogP contribution < -0.4 is 4.90 Å². The molecule has 6 heteroatoms. The van der Waals surface area contributed by atoms with Gasteiger partial charge in [-0.2, -0.15) is 0 Å². The van der Waals surface area contributed by atoms with Crippen molar-refractivity contribution in [2.45, 2.75) is 18.9 Å². The number of H-pyrrole nitrogens is 1. The molecule has 5 rings (SSSR count). The van der Waals surface area contributed by atoms with E-state index in [1.54, 1.807) is 0 Å². The van der Waals surface area contributed by atoms with E-state index in [4.69, 9.17) is 4.42 Å². The fourth-order valence-corrected chi connectivity index (χ4v) is 3.04. The van der Waals surface area contributed by atoms with Crippen molar-refractivity contribution in [3.63, 3.8) is 0 Å². The van der Waals surface area contributed by atoms with Gasteiger partial charge in [0, 0.05) is 44.6 Å². The quantitative estimate of drug-likeness (QED) is 0.882. The van der Waals surface area contributed by atoms with Crippen molar-refractivity contribution in [1.82, 2.24) is 20.1 Å². The van der Waals surface area contributed by atoms with Gasteiger partial charge in [-0.3, -0.25) is 0 Å². The molecule has 1 N–H and O–H groups in total. The monoisotopic (exact) mass is 259 g/mol. The zero-order chi connectivity index (χ0) is 12.7. The minimum absolute atomic E-state index is 0.554. The first-order valence-corrected chi connectivity index (χ1v) is 6.86. The van der Waals surface area contributed by atoms with Crippen LogP contribution in [-0.4, -0.2) is 52.3 Å². The maximum absolute atomic E-state index is 5.84. The van der Waals surface area contributed by atoms with E-state index >= 15 is 0 Å². The summed E-state index contributed by atoms with van der Waals surface area (Å²) in [6.45, 7) is 4.47. The fourth-order valence-electron chi connectivity index (χ4n) is 3.04. The molecule has 0 aromatic carbocycles. The van der Waals surface area contributed by atoms with Gasteiger partial charge in [0.25, 0.3) is 5.89 Å². The smallest absolute Gasteiger partial charge is 0.318 e. The predicted molar refractivity (Wildman–Crippen MR) is 70.9 cm³/mol.